The van der Waals surface area contributed by atoms with Gasteiger partial charge in [-0.05, 0) is 38.3 Å². The first kappa shape index (κ1) is 16.9. The van der Waals surface area contributed by atoms with Gasteiger partial charge in [0.15, 0.2) is 0 Å². The quantitative estimate of drug-likeness (QED) is 0.559. The number of nitrogens with zero attached hydrogens (tertiary/aromatic N) is 1. The summed E-state index contributed by atoms with van der Waals surface area (Å²) in [4.78, 5) is 2.49. The minimum atomic E-state index is 0.758. The fourth-order valence-electron chi connectivity index (χ4n) is 2.34. The fraction of sp³-hybridized carbons (Fsp3) is 1.00. The van der Waals surface area contributed by atoms with Crippen LogP contribution in [0.4, 0.5) is 0 Å². The Morgan fingerprint density at radius 1 is 1.06 bits per heavy atom. The number of hydrogen-bond donors (Lipinski definition) is 1. The van der Waals surface area contributed by atoms with Gasteiger partial charge in [0.05, 0.1) is 0 Å². The monoisotopic (exact) mass is 242 g/mol. The molecule has 17 heavy (non-hydrogen) atoms. The molecule has 0 radical (unpaired) electrons. The van der Waals surface area contributed by atoms with E-state index >= 15 is 0 Å². The van der Waals surface area contributed by atoms with Gasteiger partial charge >= 0.3 is 0 Å². The van der Waals surface area contributed by atoms with Crippen LogP contribution in [0, 0.1) is 11.8 Å². The van der Waals surface area contributed by atoms with E-state index in [0.717, 1.165) is 24.9 Å². The van der Waals surface area contributed by atoms with Crippen molar-refractivity contribution in [1.29, 1.82) is 0 Å². The van der Waals surface area contributed by atoms with Gasteiger partial charge in [0.25, 0.3) is 0 Å². The average molecular weight is 242 g/mol. The van der Waals surface area contributed by atoms with E-state index in [4.69, 9.17) is 0 Å². The molecule has 104 valence electrons. The summed E-state index contributed by atoms with van der Waals surface area (Å²) in [5, 5.41) is 3.51. The summed E-state index contributed by atoms with van der Waals surface area (Å²) >= 11 is 0. The molecule has 0 rings (SSSR count). The smallest absolute Gasteiger partial charge is 0.0104 e. The molecule has 0 aromatic rings. The van der Waals surface area contributed by atoms with E-state index in [1.54, 1.807) is 0 Å². The van der Waals surface area contributed by atoms with Gasteiger partial charge in [0.2, 0.25) is 0 Å². The second-order valence-electron chi connectivity index (χ2n) is 5.80. The van der Waals surface area contributed by atoms with Crippen LogP contribution in [0.1, 0.15) is 53.4 Å². The van der Waals surface area contributed by atoms with Crippen molar-refractivity contribution in [3.8, 4) is 0 Å². The summed E-state index contributed by atoms with van der Waals surface area (Å²) in [6.45, 7) is 13.8. The van der Waals surface area contributed by atoms with Crippen molar-refractivity contribution in [3.63, 3.8) is 0 Å². The lowest BCUT2D eigenvalue weighted by molar-refractivity contribution is 0.255. The van der Waals surface area contributed by atoms with Crippen molar-refractivity contribution in [3.05, 3.63) is 0 Å². The Labute approximate surface area is 109 Å². The van der Waals surface area contributed by atoms with Crippen LogP contribution in [0.2, 0.25) is 0 Å². The van der Waals surface area contributed by atoms with Crippen LogP contribution in [0.15, 0.2) is 0 Å². The second kappa shape index (κ2) is 11.0. The van der Waals surface area contributed by atoms with Crippen LogP contribution in [-0.4, -0.2) is 38.1 Å². The van der Waals surface area contributed by atoms with Gasteiger partial charge < -0.3 is 10.2 Å². The molecule has 0 fully saturated rings. The van der Waals surface area contributed by atoms with Crippen molar-refractivity contribution in [2.24, 2.45) is 11.8 Å². The lowest BCUT2D eigenvalue weighted by Crippen LogP contribution is -2.34. The molecular formula is C15H34N2. The summed E-state index contributed by atoms with van der Waals surface area (Å²) in [7, 11) is 2.26. The first-order valence-electron chi connectivity index (χ1n) is 7.49. The van der Waals surface area contributed by atoms with Crippen LogP contribution in [-0.2, 0) is 0 Å². The maximum absolute atomic E-state index is 3.51. The Morgan fingerprint density at radius 3 is 2.12 bits per heavy atom. The molecule has 0 heterocycles. The zero-order valence-electron chi connectivity index (χ0n) is 12.8. The summed E-state index contributed by atoms with van der Waals surface area (Å²) in [5.41, 5.74) is 0. The number of rotatable bonds is 11. The van der Waals surface area contributed by atoms with E-state index in [1.807, 2.05) is 0 Å². The third kappa shape index (κ3) is 10.8. The molecule has 0 aliphatic heterocycles. The number of hydrogen-bond acceptors (Lipinski definition) is 2. The maximum Gasteiger partial charge on any atom is 0.0104 e. The van der Waals surface area contributed by atoms with Crippen LogP contribution in [0.3, 0.4) is 0 Å². The molecule has 0 aliphatic rings. The Kier molecular flexibility index (Phi) is 11.0. The lowest BCUT2D eigenvalue weighted by atomic mass is 9.98. The van der Waals surface area contributed by atoms with E-state index in [0.29, 0.717) is 0 Å². The van der Waals surface area contributed by atoms with Gasteiger partial charge in [-0.25, -0.2) is 0 Å². The summed E-state index contributed by atoms with van der Waals surface area (Å²) in [6.07, 6.45) is 5.42. The molecule has 0 aromatic heterocycles. The number of likely N-dealkylation sites (N-methyl/N-ethyl adjacent to an activating group) is 1. The highest BCUT2D eigenvalue weighted by atomic mass is 15.1. The molecule has 0 amide bonds. The maximum atomic E-state index is 3.51. The van der Waals surface area contributed by atoms with Crippen molar-refractivity contribution < 1.29 is 0 Å². The standard InChI is InChI=1S/C15H34N2/c1-6-8-15(9-7-2)13-17(5)11-10-16-12-14(3)4/h14-16H,6-13H2,1-5H3. The topological polar surface area (TPSA) is 15.3 Å². The molecule has 0 saturated carbocycles. The minimum absolute atomic E-state index is 0.758. The lowest BCUT2D eigenvalue weighted by Gasteiger charge is -2.23. The third-order valence-corrected chi connectivity index (χ3v) is 3.19. The first-order valence-corrected chi connectivity index (χ1v) is 7.49. The largest absolute Gasteiger partial charge is 0.315 e. The van der Waals surface area contributed by atoms with E-state index in [1.165, 1.54) is 38.8 Å². The van der Waals surface area contributed by atoms with Gasteiger partial charge in [-0.2, -0.15) is 0 Å². The van der Waals surface area contributed by atoms with Gasteiger partial charge in [-0.3, -0.25) is 0 Å². The second-order valence-corrected chi connectivity index (χ2v) is 5.80. The molecule has 0 atom stereocenters. The Morgan fingerprint density at radius 2 is 1.65 bits per heavy atom. The average Bonchev–Trinajstić information content (AvgIpc) is 2.25. The molecule has 0 unspecified atom stereocenters. The highest BCUT2D eigenvalue weighted by Gasteiger charge is 2.09. The molecule has 0 bridgehead atoms. The van der Waals surface area contributed by atoms with Crippen molar-refractivity contribution in [1.82, 2.24) is 10.2 Å². The highest BCUT2D eigenvalue weighted by molar-refractivity contribution is 4.64. The highest BCUT2D eigenvalue weighted by Crippen LogP contribution is 2.14. The summed E-state index contributed by atoms with van der Waals surface area (Å²) in [5.74, 6) is 1.66. The summed E-state index contributed by atoms with van der Waals surface area (Å²) < 4.78 is 0. The minimum Gasteiger partial charge on any atom is -0.315 e. The predicted molar refractivity (Wildman–Crippen MR) is 78.5 cm³/mol. The molecule has 0 saturated heterocycles. The zero-order valence-corrected chi connectivity index (χ0v) is 12.8. The molecular weight excluding hydrogens is 208 g/mol. The van der Waals surface area contributed by atoms with E-state index in [2.05, 4.69) is 45.0 Å². The van der Waals surface area contributed by atoms with Crippen LogP contribution in [0.25, 0.3) is 0 Å². The van der Waals surface area contributed by atoms with Crippen LogP contribution in [0.5, 0.6) is 0 Å². The first-order chi connectivity index (χ1) is 8.10. The molecule has 0 spiro atoms. The normalized spacial score (nSPS) is 12.0. The van der Waals surface area contributed by atoms with Gasteiger partial charge in [-0.1, -0.05) is 40.5 Å². The Balaban J connectivity index is 3.62. The van der Waals surface area contributed by atoms with Gasteiger partial charge in [0.1, 0.15) is 0 Å². The zero-order chi connectivity index (χ0) is 13.1. The molecule has 2 nitrogen and oxygen atoms in total. The molecule has 0 aromatic carbocycles. The Hall–Kier alpha value is -0.0800. The molecule has 2 heteroatoms. The van der Waals surface area contributed by atoms with Crippen molar-refractivity contribution >= 4 is 0 Å². The Bertz CT molecular complexity index is 151. The van der Waals surface area contributed by atoms with Crippen molar-refractivity contribution in [2.75, 3.05) is 33.2 Å². The van der Waals surface area contributed by atoms with E-state index < -0.39 is 0 Å². The van der Waals surface area contributed by atoms with E-state index in [-0.39, 0.29) is 0 Å². The SMILES string of the molecule is CCCC(CCC)CN(C)CCNCC(C)C. The number of nitrogens with one attached hydrogen (secondary N) is 1. The van der Waals surface area contributed by atoms with Crippen LogP contribution < -0.4 is 5.32 Å². The van der Waals surface area contributed by atoms with Gasteiger partial charge in [-0.15, -0.1) is 0 Å². The summed E-state index contributed by atoms with van der Waals surface area (Å²) in [6, 6.07) is 0. The molecule has 0 aliphatic carbocycles. The van der Waals surface area contributed by atoms with E-state index in [9.17, 15) is 0 Å². The van der Waals surface area contributed by atoms with Crippen LogP contribution >= 0.6 is 0 Å². The fourth-order valence-corrected chi connectivity index (χ4v) is 2.34. The van der Waals surface area contributed by atoms with Gasteiger partial charge in [0, 0.05) is 19.6 Å². The third-order valence-electron chi connectivity index (χ3n) is 3.19. The van der Waals surface area contributed by atoms with Crippen molar-refractivity contribution in [2.45, 2.75) is 53.4 Å². The molecule has 1 N–H and O–H groups in total. The predicted octanol–water partition coefficient (Wildman–Crippen LogP) is 3.38.